The molecule has 170 valence electrons. The molecule has 1 aromatic carbocycles. The average Bonchev–Trinajstić information content (AvgIpc) is 2.76. The number of anilines is 1. The van der Waals surface area contributed by atoms with Crippen molar-refractivity contribution in [3.05, 3.63) is 28.8 Å². The molecular weight excluding hydrogens is 416 g/mol. The zero-order valence-corrected chi connectivity index (χ0v) is 19.3. The van der Waals surface area contributed by atoms with Crippen molar-refractivity contribution in [2.45, 2.75) is 31.7 Å². The molecule has 2 amide bonds. The highest BCUT2D eigenvalue weighted by Gasteiger charge is 2.47. The van der Waals surface area contributed by atoms with Crippen LogP contribution in [0.4, 0.5) is 5.69 Å². The molecule has 7 nitrogen and oxygen atoms in total. The smallest absolute Gasteiger partial charge is 0.254 e. The second-order valence-electron chi connectivity index (χ2n) is 9.53. The molecule has 8 heteroatoms. The Morgan fingerprint density at radius 2 is 1.77 bits per heavy atom. The van der Waals surface area contributed by atoms with Gasteiger partial charge >= 0.3 is 0 Å². The maximum Gasteiger partial charge on any atom is 0.254 e. The molecule has 0 aliphatic carbocycles. The van der Waals surface area contributed by atoms with Gasteiger partial charge in [0.25, 0.3) is 5.91 Å². The van der Waals surface area contributed by atoms with Crippen LogP contribution in [0, 0.1) is 5.41 Å². The lowest BCUT2D eigenvalue weighted by molar-refractivity contribution is -0.140. The normalized spacial score (nSPS) is 21.8. The van der Waals surface area contributed by atoms with E-state index in [9.17, 15) is 9.59 Å². The van der Waals surface area contributed by atoms with Gasteiger partial charge in [0.05, 0.1) is 10.6 Å². The highest BCUT2D eigenvalue weighted by molar-refractivity contribution is 6.34. The van der Waals surface area contributed by atoms with Crippen LogP contribution in [0.3, 0.4) is 0 Å². The fraction of sp³-hybridized carbons (Fsp3) is 0.652. The highest BCUT2D eigenvalue weighted by atomic mass is 35.5. The van der Waals surface area contributed by atoms with Gasteiger partial charge in [-0.05, 0) is 49.3 Å². The van der Waals surface area contributed by atoms with Crippen LogP contribution < -0.4 is 4.90 Å². The fourth-order valence-corrected chi connectivity index (χ4v) is 5.58. The van der Waals surface area contributed by atoms with E-state index in [2.05, 4.69) is 9.80 Å². The van der Waals surface area contributed by atoms with E-state index in [1.54, 1.807) is 23.9 Å². The summed E-state index contributed by atoms with van der Waals surface area (Å²) in [6, 6.07) is 6.37. The lowest BCUT2D eigenvalue weighted by atomic mass is 9.71. The van der Waals surface area contributed by atoms with Crippen molar-refractivity contribution in [3.8, 4) is 0 Å². The number of aliphatic hydroxyl groups is 1. The number of nitrogens with zero attached hydrogens (tertiary/aromatic N) is 4. The molecule has 0 bridgehead atoms. The van der Waals surface area contributed by atoms with Crippen molar-refractivity contribution >= 4 is 29.1 Å². The quantitative estimate of drug-likeness (QED) is 0.762. The molecule has 4 rings (SSSR count). The van der Waals surface area contributed by atoms with Gasteiger partial charge in [-0.2, -0.15) is 0 Å². The van der Waals surface area contributed by atoms with Gasteiger partial charge in [-0.1, -0.05) is 11.6 Å². The average molecular weight is 449 g/mol. The minimum absolute atomic E-state index is 0.0754. The van der Waals surface area contributed by atoms with Crippen molar-refractivity contribution in [2.75, 3.05) is 64.9 Å². The monoisotopic (exact) mass is 448 g/mol. The van der Waals surface area contributed by atoms with E-state index in [1.165, 1.54) is 0 Å². The summed E-state index contributed by atoms with van der Waals surface area (Å²) in [5, 5.41) is 9.56. The fourth-order valence-electron chi connectivity index (χ4n) is 5.32. The van der Waals surface area contributed by atoms with Crippen LogP contribution in [0.2, 0.25) is 5.02 Å². The van der Waals surface area contributed by atoms with Crippen LogP contribution in [0.1, 0.15) is 36.0 Å². The number of hydrogen-bond acceptors (Lipinski definition) is 5. The molecule has 1 N–H and O–H groups in total. The summed E-state index contributed by atoms with van der Waals surface area (Å²) >= 11 is 6.40. The van der Waals surface area contributed by atoms with Crippen molar-refractivity contribution < 1.29 is 14.7 Å². The van der Waals surface area contributed by atoms with Crippen LogP contribution in [0.25, 0.3) is 0 Å². The second kappa shape index (κ2) is 8.96. The largest absolute Gasteiger partial charge is 0.387 e. The summed E-state index contributed by atoms with van der Waals surface area (Å²) < 4.78 is 0. The van der Waals surface area contributed by atoms with Gasteiger partial charge < -0.3 is 19.8 Å². The van der Waals surface area contributed by atoms with E-state index < -0.39 is 0 Å². The van der Waals surface area contributed by atoms with Crippen molar-refractivity contribution in [1.82, 2.24) is 14.7 Å². The Hall–Kier alpha value is -1.83. The van der Waals surface area contributed by atoms with E-state index >= 15 is 0 Å². The third-order valence-electron chi connectivity index (χ3n) is 7.32. The maximum absolute atomic E-state index is 12.2. The minimum Gasteiger partial charge on any atom is -0.387 e. The first-order valence-electron chi connectivity index (χ1n) is 11.2. The first kappa shape index (κ1) is 22.4. The second-order valence-corrected chi connectivity index (χ2v) is 9.93. The zero-order valence-electron chi connectivity index (χ0n) is 18.5. The number of rotatable bonds is 4. The number of likely N-dealkylation sites (tertiary alicyclic amines) is 2. The Kier molecular flexibility index (Phi) is 6.47. The van der Waals surface area contributed by atoms with E-state index in [0.29, 0.717) is 22.0 Å². The van der Waals surface area contributed by atoms with E-state index in [4.69, 9.17) is 16.7 Å². The Morgan fingerprint density at radius 1 is 1.13 bits per heavy atom. The number of piperidine rings is 2. The van der Waals surface area contributed by atoms with Crippen LogP contribution in [0.5, 0.6) is 0 Å². The predicted octanol–water partition coefficient (Wildman–Crippen LogP) is 1.93. The lowest BCUT2D eigenvalue weighted by Gasteiger charge is -2.57. The number of aliphatic hydroxyl groups excluding tert-OH is 1. The number of carbonyl (C=O) groups is 2. The Labute approximate surface area is 189 Å². The van der Waals surface area contributed by atoms with E-state index in [-0.39, 0.29) is 18.4 Å². The Bertz CT molecular complexity index is 822. The van der Waals surface area contributed by atoms with Gasteiger partial charge in [-0.25, -0.2) is 0 Å². The van der Waals surface area contributed by atoms with Gasteiger partial charge in [0.2, 0.25) is 5.91 Å². The third kappa shape index (κ3) is 4.54. The molecule has 0 unspecified atom stereocenters. The Balaban J connectivity index is 1.26. The molecular formula is C23H33ClN4O3. The molecule has 3 aliphatic rings. The molecule has 3 saturated heterocycles. The predicted molar refractivity (Wildman–Crippen MR) is 122 cm³/mol. The van der Waals surface area contributed by atoms with E-state index in [0.717, 1.165) is 70.6 Å². The lowest BCUT2D eigenvalue weighted by Crippen LogP contribution is -2.64. The van der Waals surface area contributed by atoms with Gasteiger partial charge in [-0.3, -0.25) is 14.5 Å². The molecule has 0 atom stereocenters. The molecule has 1 aromatic rings. The number of halogens is 1. The number of hydrogen-bond donors (Lipinski definition) is 1. The molecule has 3 heterocycles. The van der Waals surface area contributed by atoms with Crippen molar-refractivity contribution in [2.24, 2.45) is 5.41 Å². The summed E-state index contributed by atoms with van der Waals surface area (Å²) in [5.41, 5.74) is 1.99. The van der Waals surface area contributed by atoms with Crippen molar-refractivity contribution in [3.63, 3.8) is 0 Å². The summed E-state index contributed by atoms with van der Waals surface area (Å²) in [6.45, 7) is 5.42. The van der Waals surface area contributed by atoms with Gasteiger partial charge in [0.15, 0.2) is 0 Å². The van der Waals surface area contributed by atoms with Crippen molar-refractivity contribution in [1.29, 1.82) is 0 Å². The van der Waals surface area contributed by atoms with Crippen LogP contribution in [-0.2, 0) is 4.79 Å². The first-order chi connectivity index (χ1) is 14.8. The maximum atomic E-state index is 12.2. The number of amides is 2. The van der Waals surface area contributed by atoms with Gasteiger partial charge in [-0.15, -0.1) is 0 Å². The highest BCUT2D eigenvalue weighted by Crippen LogP contribution is 2.43. The van der Waals surface area contributed by atoms with Gasteiger partial charge in [0.1, 0.15) is 6.61 Å². The van der Waals surface area contributed by atoms with Crippen LogP contribution in [0.15, 0.2) is 18.2 Å². The van der Waals surface area contributed by atoms with Gasteiger partial charge in [0, 0.05) is 65.1 Å². The molecule has 0 saturated carbocycles. The topological polar surface area (TPSA) is 67.3 Å². The van der Waals surface area contributed by atoms with Crippen LogP contribution in [-0.4, -0.2) is 97.6 Å². The SMILES string of the molecule is CN(C)C(=O)c1ccc(N2CCC(N3CC4(CCN(C(=O)CO)CC4)C3)CC2)cc1Cl. The summed E-state index contributed by atoms with van der Waals surface area (Å²) in [6.07, 6.45) is 4.34. The van der Waals surface area contributed by atoms with E-state index in [1.807, 2.05) is 18.2 Å². The minimum atomic E-state index is -0.377. The molecule has 0 radical (unpaired) electrons. The summed E-state index contributed by atoms with van der Waals surface area (Å²) in [5.74, 6) is -0.217. The Morgan fingerprint density at radius 3 is 2.32 bits per heavy atom. The molecule has 3 aliphatic heterocycles. The molecule has 31 heavy (non-hydrogen) atoms. The molecule has 0 aromatic heterocycles. The molecule has 3 fully saturated rings. The van der Waals surface area contributed by atoms with Crippen LogP contribution >= 0.6 is 11.6 Å². The molecule has 1 spiro atoms. The number of benzene rings is 1. The summed E-state index contributed by atoms with van der Waals surface area (Å²) in [7, 11) is 3.46. The number of carbonyl (C=O) groups excluding carboxylic acids is 2. The third-order valence-corrected chi connectivity index (χ3v) is 7.64. The zero-order chi connectivity index (χ0) is 22.2. The standard InChI is InChI=1S/C23H33ClN4O3/c1-25(2)22(31)19-4-3-18(13-20(19)24)26-9-5-17(6-10-26)28-15-23(16-28)7-11-27(12-8-23)21(30)14-29/h3-4,13,17,29H,5-12,14-16H2,1-2H3. The first-order valence-corrected chi connectivity index (χ1v) is 11.6. The summed E-state index contributed by atoms with van der Waals surface area (Å²) in [4.78, 5) is 32.2.